The lowest BCUT2D eigenvalue weighted by Gasteiger charge is -2.29. The van der Waals surface area contributed by atoms with Crippen molar-refractivity contribution in [3.8, 4) is 0 Å². The summed E-state index contributed by atoms with van der Waals surface area (Å²) in [6.45, 7) is 2.12. The van der Waals surface area contributed by atoms with E-state index in [1.54, 1.807) is 11.8 Å². The van der Waals surface area contributed by atoms with Crippen molar-refractivity contribution < 1.29 is 4.79 Å². The Morgan fingerprint density at radius 1 is 1.37 bits per heavy atom. The highest BCUT2D eigenvalue weighted by molar-refractivity contribution is 7.98. The Kier molecular flexibility index (Phi) is 7.39. The lowest BCUT2D eigenvalue weighted by atomic mass is 10.1. The molecule has 4 heteroatoms. The Morgan fingerprint density at radius 2 is 2.00 bits per heavy atom. The summed E-state index contributed by atoms with van der Waals surface area (Å²) < 4.78 is 0. The van der Waals surface area contributed by atoms with E-state index in [0.29, 0.717) is 12.5 Å². The zero-order chi connectivity index (χ0) is 14.3. The molecule has 0 saturated heterocycles. The Labute approximate surface area is 126 Å². The van der Waals surface area contributed by atoms with Crippen molar-refractivity contribution in [1.29, 1.82) is 0 Å². The van der Waals surface area contributed by atoms with Crippen LogP contribution in [0.4, 0.5) is 0 Å². The zero-order valence-corrected chi connectivity index (χ0v) is 13.6. The summed E-state index contributed by atoms with van der Waals surface area (Å²) in [5.74, 6) is 1.10. The molecule has 2 nitrogen and oxygen atoms in total. The number of amides is 1. The average molecular weight is 297 g/mol. The van der Waals surface area contributed by atoms with Crippen LogP contribution in [0.15, 0.2) is 30.3 Å². The third-order valence-corrected chi connectivity index (χ3v) is 4.40. The minimum atomic E-state index is -0.261. The third-order valence-electron chi connectivity index (χ3n) is 3.28. The fourth-order valence-corrected chi connectivity index (χ4v) is 3.27. The number of thioether (sulfide) groups is 1. The van der Waals surface area contributed by atoms with Gasteiger partial charge in [0.25, 0.3) is 0 Å². The summed E-state index contributed by atoms with van der Waals surface area (Å²) in [6, 6.07) is 10.3. The van der Waals surface area contributed by atoms with Crippen LogP contribution < -0.4 is 0 Å². The summed E-state index contributed by atoms with van der Waals surface area (Å²) in [4.78, 5) is 14.2. The largest absolute Gasteiger partial charge is 0.341 e. The van der Waals surface area contributed by atoms with E-state index in [9.17, 15) is 4.79 Å². The molecule has 1 amide bonds. The van der Waals surface area contributed by atoms with E-state index in [-0.39, 0.29) is 11.2 Å². The number of carbonyl (C=O) groups excluding carboxylic acids is 1. The van der Waals surface area contributed by atoms with E-state index in [4.69, 9.17) is 0 Å². The molecular weight excluding hydrogens is 274 g/mol. The molecule has 0 heterocycles. The van der Waals surface area contributed by atoms with E-state index in [2.05, 4.69) is 25.8 Å². The number of hydrogen-bond acceptors (Lipinski definition) is 3. The van der Waals surface area contributed by atoms with Gasteiger partial charge < -0.3 is 4.90 Å². The Balaban J connectivity index is 2.60. The smallest absolute Gasteiger partial charge is 0.235 e. The molecule has 2 unspecified atom stereocenters. The van der Waals surface area contributed by atoms with Crippen LogP contribution in [-0.2, 0) is 11.2 Å². The van der Waals surface area contributed by atoms with Gasteiger partial charge in [-0.15, -0.1) is 0 Å². The molecule has 0 fully saturated rings. The van der Waals surface area contributed by atoms with Crippen molar-refractivity contribution in [1.82, 2.24) is 4.90 Å². The minimum Gasteiger partial charge on any atom is -0.341 e. The van der Waals surface area contributed by atoms with Crippen molar-refractivity contribution in [2.45, 2.75) is 31.1 Å². The second kappa shape index (κ2) is 8.54. The van der Waals surface area contributed by atoms with Gasteiger partial charge in [0.2, 0.25) is 5.91 Å². The molecule has 1 aromatic rings. The van der Waals surface area contributed by atoms with E-state index >= 15 is 0 Å². The first-order valence-electron chi connectivity index (χ1n) is 6.57. The zero-order valence-electron chi connectivity index (χ0n) is 11.9. The molecule has 106 valence electrons. The van der Waals surface area contributed by atoms with Gasteiger partial charge in [-0.1, -0.05) is 37.3 Å². The van der Waals surface area contributed by atoms with E-state index in [1.807, 2.05) is 42.3 Å². The van der Waals surface area contributed by atoms with Crippen LogP contribution in [0.5, 0.6) is 0 Å². The average Bonchev–Trinajstić information content (AvgIpc) is 2.44. The number of thiol groups is 1. The van der Waals surface area contributed by atoms with Gasteiger partial charge in [-0.05, 0) is 24.7 Å². The number of rotatable bonds is 7. The van der Waals surface area contributed by atoms with Crippen molar-refractivity contribution in [2.24, 2.45) is 0 Å². The summed E-state index contributed by atoms with van der Waals surface area (Å²) in [7, 11) is 1.89. The number of hydrogen-bond donors (Lipinski definition) is 1. The highest BCUT2D eigenvalue weighted by Crippen LogP contribution is 2.14. The molecule has 1 rings (SSSR count). The van der Waals surface area contributed by atoms with Gasteiger partial charge in [-0.3, -0.25) is 4.79 Å². The molecule has 0 radical (unpaired) electrons. The maximum Gasteiger partial charge on any atom is 0.235 e. The summed E-state index contributed by atoms with van der Waals surface area (Å²) in [5.41, 5.74) is 1.15. The van der Waals surface area contributed by atoms with Gasteiger partial charge in [-0.25, -0.2) is 0 Å². The van der Waals surface area contributed by atoms with E-state index in [0.717, 1.165) is 17.7 Å². The molecule has 0 aliphatic rings. The quantitative estimate of drug-likeness (QED) is 0.780. The predicted molar refractivity (Wildman–Crippen MR) is 88.2 cm³/mol. The second-order valence-corrected chi connectivity index (χ2v) is 6.21. The number of nitrogens with zero attached hydrogens (tertiary/aromatic N) is 1. The van der Waals surface area contributed by atoms with Crippen molar-refractivity contribution in [2.75, 3.05) is 19.1 Å². The topological polar surface area (TPSA) is 20.3 Å². The molecule has 0 aliphatic carbocycles. The molecular formula is C15H23NOS2. The standard InChI is InChI=1S/C15H23NOS2/c1-4-13(11-19-3)16(2)15(17)14(18)10-12-8-6-5-7-9-12/h5-9,13-14,18H,4,10-11H2,1-3H3. The summed E-state index contributed by atoms with van der Waals surface area (Å²) >= 11 is 6.26. The molecule has 0 aromatic heterocycles. The highest BCUT2D eigenvalue weighted by atomic mass is 32.2. The molecule has 2 atom stereocenters. The first-order chi connectivity index (χ1) is 9.10. The fourth-order valence-electron chi connectivity index (χ4n) is 2.04. The van der Waals surface area contributed by atoms with Gasteiger partial charge in [0.15, 0.2) is 0 Å². The van der Waals surface area contributed by atoms with Crippen LogP contribution in [0, 0.1) is 0 Å². The maximum atomic E-state index is 12.4. The molecule has 0 aliphatic heterocycles. The lowest BCUT2D eigenvalue weighted by Crippen LogP contribution is -2.43. The van der Waals surface area contributed by atoms with Gasteiger partial charge in [0, 0.05) is 18.8 Å². The Bertz CT molecular complexity index is 383. The SMILES string of the molecule is CCC(CSC)N(C)C(=O)C(S)Cc1ccccc1. The van der Waals surface area contributed by atoms with Crippen molar-refractivity contribution in [3.63, 3.8) is 0 Å². The van der Waals surface area contributed by atoms with Gasteiger partial charge in [0.1, 0.15) is 0 Å². The summed E-state index contributed by atoms with van der Waals surface area (Å²) in [6.07, 6.45) is 3.74. The molecule has 0 N–H and O–H groups in total. The first kappa shape index (κ1) is 16.4. The number of benzene rings is 1. The monoisotopic (exact) mass is 297 g/mol. The van der Waals surface area contributed by atoms with Crippen LogP contribution in [0.25, 0.3) is 0 Å². The third kappa shape index (κ3) is 5.11. The van der Waals surface area contributed by atoms with Gasteiger partial charge in [-0.2, -0.15) is 24.4 Å². The maximum absolute atomic E-state index is 12.4. The summed E-state index contributed by atoms with van der Waals surface area (Å²) in [5, 5.41) is -0.261. The second-order valence-electron chi connectivity index (χ2n) is 4.67. The first-order valence-corrected chi connectivity index (χ1v) is 8.48. The van der Waals surface area contributed by atoms with Crippen LogP contribution in [0.3, 0.4) is 0 Å². The van der Waals surface area contributed by atoms with Crippen LogP contribution in [-0.4, -0.2) is 41.2 Å². The molecule has 1 aromatic carbocycles. The Morgan fingerprint density at radius 3 is 2.53 bits per heavy atom. The highest BCUT2D eigenvalue weighted by Gasteiger charge is 2.23. The fraction of sp³-hybridized carbons (Fsp3) is 0.533. The van der Waals surface area contributed by atoms with Crippen molar-refractivity contribution >= 4 is 30.3 Å². The van der Waals surface area contributed by atoms with Gasteiger partial charge in [0.05, 0.1) is 5.25 Å². The normalized spacial score (nSPS) is 13.9. The van der Waals surface area contributed by atoms with Crippen LogP contribution in [0.1, 0.15) is 18.9 Å². The Hall–Kier alpha value is -0.610. The molecule has 19 heavy (non-hydrogen) atoms. The minimum absolute atomic E-state index is 0.119. The van der Waals surface area contributed by atoms with Gasteiger partial charge >= 0.3 is 0 Å². The molecule has 0 bridgehead atoms. The van der Waals surface area contributed by atoms with Crippen LogP contribution in [0.2, 0.25) is 0 Å². The molecule has 0 saturated carbocycles. The molecule has 0 spiro atoms. The number of carbonyl (C=O) groups is 1. The lowest BCUT2D eigenvalue weighted by molar-refractivity contribution is -0.131. The van der Waals surface area contributed by atoms with E-state index in [1.165, 1.54) is 0 Å². The van der Waals surface area contributed by atoms with E-state index < -0.39 is 0 Å². The van der Waals surface area contributed by atoms with Crippen LogP contribution >= 0.6 is 24.4 Å². The predicted octanol–water partition coefficient (Wildman–Crippen LogP) is 3.13. The van der Waals surface area contributed by atoms with Crippen molar-refractivity contribution in [3.05, 3.63) is 35.9 Å².